The summed E-state index contributed by atoms with van der Waals surface area (Å²) in [5.74, 6) is 0.905. The average molecular weight is 207 g/mol. The molecule has 0 amide bonds. The summed E-state index contributed by atoms with van der Waals surface area (Å²) in [6, 6.07) is 0. The van der Waals surface area contributed by atoms with E-state index in [0.29, 0.717) is 24.6 Å². The molecular weight excluding hydrogens is 186 g/mol. The molecule has 0 aromatic heterocycles. The van der Waals surface area contributed by atoms with Gasteiger partial charge in [0.15, 0.2) is 9.84 Å². The fourth-order valence-electron chi connectivity index (χ4n) is 1.27. The first-order valence-corrected chi connectivity index (χ1v) is 6.78. The second kappa shape index (κ2) is 6.38. The van der Waals surface area contributed by atoms with Gasteiger partial charge in [0, 0.05) is 0 Å². The maximum absolute atomic E-state index is 11.5. The van der Waals surface area contributed by atoms with E-state index < -0.39 is 9.84 Å². The van der Waals surface area contributed by atoms with Crippen molar-refractivity contribution in [2.75, 3.05) is 18.1 Å². The lowest BCUT2D eigenvalue weighted by Gasteiger charge is -2.11. The van der Waals surface area contributed by atoms with Crippen molar-refractivity contribution in [3.05, 3.63) is 0 Å². The summed E-state index contributed by atoms with van der Waals surface area (Å²) in [7, 11) is -2.85. The summed E-state index contributed by atoms with van der Waals surface area (Å²) in [4.78, 5) is 0. The Kier molecular flexibility index (Phi) is 6.33. The molecule has 0 heterocycles. The van der Waals surface area contributed by atoms with Crippen molar-refractivity contribution in [1.82, 2.24) is 0 Å². The molecule has 4 heteroatoms. The van der Waals surface area contributed by atoms with Gasteiger partial charge in [-0.2, -0.15) is 0 Å². The van der Waals surface area contributed by atoms with Crippen LogP contribution in [-0.4, -0.2) is 26.5 Å². The Morgan fingerprint density at radius 3 is 2.15 bits per heavy atom. The highest BCUT2D eigenvalue weighted by Gasteiger charge is 2.15. The van der Waals surface area contributed by atoms with Crippen molar-refractivity contribution in [3.63, 3.8) is 0 Å². The molecule has 0 atom stereocenters. The van der Waals surface area contributed by atoms with E-state index in [0.717, 1.165) is 12.8 Å². The molecule has 13 heavy (non-hydrogen) atoms. The van der Waals surface area contributed by atoms with Gasteiger partial charge in [-0.05, 0) is 18.9 Å². The average Bonchev–Trinajstić information content (AvgIpc) is 2.11. The molecule has 0 aromatic rings. The molecule has 0 radical (unpaired) electrons. The summed E-state index contributed by atoms with van der Waals surface area (Å²) in [6.45, 7) is 4.53. The van der Waals surface area contributed by atoms with Gasteiger partial charge in [-0.3, -0.25) is 0 Å². The van der Waals surface area contributed by atoms with Crippen molar-refractivity contribution in [1.29, 1.82) is 0 Å². The summed E-state index contributed by atoms with van der Waals surface area (Å²) < 4.78 is 22.9. The first-order valence-electron chi connectivity index (χ1n) is 4.96. The highest BCUT2D eigenvalue weighted by Crippen LogP contribution is 2.11. The number of sulfone groups is 1. The number of rotatable bonds is 7. The molecular formula is C9H21NO2S. The highest BCUT2D eigenvalue weighted by molar-refractivity contribution is 7.91. The third-order valence-corrected chi connectivity index (χ3v) is 4.19. The van der Waals surface area contributed by atoms with Crippen molar-refractivity contribution in [2.45, 2.75) is 33.1 Å². The van der Waals surface area contributed by atoms with Crippen LogP contribution in [0.5, 0.6) is 0 Å². The van der Waals surface area contributed by atoms with Crippen LogP contribution in [0.1, 0.15) is 33.1 Å². The largest absolute Gasteiger partial charge is 0.330 e. The van der Waals surface area contributed by atoms with Crippen LogP contribution in [0.25, 0.3) is 0 Å². The van der Waals surface area contributed by atoms with Gasteiger partial charge in [-0.25, -0.2) is 8.42 Å². The summed E-state index contributed by atoms with van der Waals surface area (Å²) in [5.41, 5.74) is 5.27. The molecule has 80 valence electrons. The van der Waals surface area contributed by atoms with Crippen LogP contribution in [0.4, 0.5) is 0 Å². The molecule has 0 aliphatic carbocycles. The standard InChI is InChI=1S/C9H21NO2S/c1-3-9(4-2)8-13(11,12)7-5-6-10/h9H,3-8,10H2,1-2H3. The third kappa shape index (κ3) is 6.05. The Labute approximate surface area is 81.6 Å². The molecule has 0 fully saturated rings. The number of hydrogen-bond donors (Lipinski definition) is 1. The van der Waals surface area contributed by atoms with Gasteiger partial charge in [0.05, 0.1) is 11.5 Å². The second-order valence-electron chi connectivity index (χ2n) is 3.44. The topological polar surface area (TPSA) is 60.2 Å². The molecule has 0 spiro atoms. The van der Waals surface area contributed by atoms with Crippen molar-refractivity contribution < 1.29 is 8.42 Å². The third-order valence-electron chi connectivity index (χ3n) is 2.30. The van der Waals surface area contributed by atoms with Crippen LogP contribution in [-0.2, 0) is 9.84 Å². The fourth-order valence-corrected chi connectivity index (χ4v) is 3.23. The van der Waals surface area contributed by atoms with Crippen molar-refractivity contribution in [3.8, 4) is 0 Å². The highest BCUT2D eigenvalue weighted by atomic mass is 32.2. The summed E-state index contributed by atoms with van der Waals surface area (Å²) >= 11 is 0. The predicted octanol–water partition coefficient (Wildman–Crippen LogP) is 1.19. The normalized spacial score (nSPS) is 12.3. The van der Waals surface area contributed by atoms with Gasteiger partial charge in [-0.1, -0.05) is 26.7 Å². The Balaban J connectivity index is 4.00. The van der Waals surface area contributed by atoms with Crippen LogP contribution in [0.3, 0.4) is 0 Å². The van der Waals surface area contributed by atoms with Crippen molar-refractivity contribution in [2.24, 2.45) is 11.7 Å². The molecule has 0 bridgehead atoms. The Hall–Kier alpha value is -0.0900. The molecule has 0 rings (SSSR count). The van der Waals surface area contributed by atoms with Gasteiger partial charge in [0.25, 0.3) is 0 Å². The first-order chi connectivity index (χ1) is 6.05. The minimum absolute atomic E-state index is 0.250. The zero-order valence-corrected chi connectivity index (χ0v) is 9.44. The van der Waals surface area contributed by atoms with Gasteiger partial charge < -0.3 is 5.73 Å². The zero-order chi connectivity index (χ0) is 10.3. The van der Waals surface area contributed by atoms with Crippen LogP contribution in [0.2, 0.25) is 0 Å². The first kappa shape index (κ1) is 12.9. The summed E-state index contributed by atoms with van der Waals surface area (Å²) in [6.07, 6.45) is 2.47. The molecule has 0 saturated carbocycles. The van der Waals surface area contributed by atoms with Gasteiger partial charge >= 0.3 is 0 Å². The van der Waals surface area contributed by atoms with E-state index in [1.54, 1.807) is 0 Å². The van der Waals surface area contributed by atoms with Crippen LogP contribution in [0, 0.1) is 5.92 Å². The Morgan fingerprint density at radius 2 is 1.77 bits per heavy atom. The van der Waals surface area contributed by atoms with Crippen LogP contribution >= 0.6 is 0 Å². The summed E-state index contributed by atoms with van der Waals surface area (Å²) in [5, 5.41) is 0. The van der Waals surface area contributed by atoms with Crippen LogP contribution < -0.4 is 5.73 Å². The Morgan fingerprint density at radius 1 is 1.23 bits per heavy atom. The molecule has 0 aromatic carbocycles. The SMILES string of the molecule is CCC(CC)CS(=O)(=O)CCCN. The quantitative estimate of drug-likeness (QED) is 0.682. The van der Waals surface area contributed by atoms with Gasteiger partial charge in [0.1, 0.15) is 0 Å². The molecule has 0 aliphatic heterocycles. The molecule has 0 aliphatic rings. The van der Waals surface area contributed by atoms with E-state index in [1.807, 2.05) is 13.8 Å². The van der Waals surface area contributed by atoms with E-state index >= 15 is 0 Å². The molecule has 0 saturated heterocycles. The lowest BCUT2D eigenvalue weighted by molar-refractivity contribution is 0.522. The van der Waals surface area contributed by atoms with E-state index in [9.17, 15) is 8.42 Å². The minimum atomic E-state index is -2.85. The van der Waals surface area contributed by atoms with Gasteiger partial charge in [0.2, 0.25) is 0 Å². The van der Waals surface area contributed by atoms with Gasteiger partial charge in [-0.15, -0.1) is 0 Å². The molecule has 2 N–H and O–H groups in total. The predicted molar refractivity (Wildman–Crippen MR) is 56.4 cm³/mol. The zero-order valence-electron chi connectivity index (χ0n) is 8.62. The monoisotopic (exact) mass is 207 g/mol. The lowest BCUT2D eigenvalue weighted by Crippen LogP contribution is -2.19. The number of nitrogens with two attached hydrogens (primary N) is 1. The molecule has 0 unspecified atom stereocenters. The maximum Gasteiger partial charge on any atom is 0.150 e. The fraction of sp³-hybridized carbons (Fsp3) is 1.00. The minimum Gasteiger partial charge on any atom is -0.330 e. The van der Waals surface area contributed by atoms with E-state index in [4.69, 9.17) is 5.73 Å². The Bertz CT molecular complexity index is 208. The number of hydrogen-bond acceptors (Lipinski definition) is 3. The van der Waals surface area contributed by atoms with E-state index in [-0.39, 0.29) is 5.75 Å². The second-order valence-corrected chi connectivity index (χ2v) is 5.67. The van der Waals surface area contributed by atoms with E-state index in [1.165, 1.54) is 0 Å². The smallest absolute Gasteiger partial charge is 0.150 e. The van der Waals surface area contributed by atoms with E-state index in [2.05, 4.69) is 0 Å². The van der Waals surface area contributed by atoms with Crippen molar-refractivity contribution >= 4 is 9.84 Å². The lowest BCUT2D eigenvalue weighted by atomic mass is 10.1. The maximum atomic E-state index is 11.5. The van der Waals surface area contributed by atoms with Crippen LogP contribution in [0.15, 0.2) is 0 Å². The molecule has 3 nitrogen and oxygen atoms in total.